The van der Waals surface area contributed by atoms with Crippen LogP contribution in [0.1, 0.15) is 32.1 Å². The molecule has 0 heterocycles. The van der Waals surface area contributed by atoms with Gasteiger partial charge in [0.25, 0.3) is 0 Å². The third kappa shape index (κ3) is 11.6. The van der Waals surface area contributed by atoms with Gasteiger partial charge in [0.15, 0.2) is 0 Å². The molecular formula is C16H29N5O8. The number of unbranched alkanes of at least 4 members (excludes halogenated alkanes) is 1. The Bertz CT molecular complexity index is 586. The van der Waals surface area contributed by atoms with Gasteiger partial charge in [0.05, 0.1) is 19.2 Å². The number of nitrogens with one attached hydrogen (secondary N) is 3. The van der Waals surface area contributed by atoms with Gasteiger partial charge in [0.1, 0.15) is 12.1 Å². The fraction of sp³-hybridized carbons (Fsp3) is 0.688. The van der Waals surface area contributed by atoms with Gasteiger partial charge in [-0.15, -0.1) is 0 Å². The van der Waals surface area contributed by atoms with Crippen molar-refractivity contribution in [2.45, 2.75) is 50.2 Å². The van der Waals surface area contributed by atoms with Crippen molar-refractivity contribution in [3.05, 3.63) is 0 Å². The number of aliphatic carboxylic acids is 2. The van der Waals surface area contributed by atoms with Gasteiger partial charge in [-0.1, -0.05) is 0 Å². The first-order chi connectivity index (χ1) is 13.6. The summed E-state index contributed by atoms with van der Waals surface area (Å²) in [6.07, 6.45) is 0.746. The summed E-state index contributed by atoms with van der Waals surface area (Å²) < 4.78 is 0. The van der Waals surface area contributed by atoms with Crippen LogP contribution in [0.2, 0.25) is 0 Å². The minimum Gasteiger partial charge on any atom is -0.481 e. The Balaban J connectivity index is 4.54. The number of hydrogen-bond donors (Lipinski definition) is 8. The molecule has 3 unspecified atom stereocenters. The Hall–Kier alpha value is -2.77. The minimum atomic E-state index is -1.42. The van der Waals surface area contributed by atoms with Gasteiger partial charge in [-0.25, -0.2) is 4.79 Å². The van der Waals surface area contributed by atoms with E-state index in [0.29, 0.717) is 19.4 Å². The number of carboxylic acids is 2. The highest BCUT2D eigenvalue weighted by molar-refractivity contribution is 5.92. The largest absolute Gasteiger partial charge is 0.481 e. The molecule has 166 valence electrons. The quantitative estimate of drug-likeness (QED) is 0.122. The van der Waals surface area contributed by atoms with E-state index in [9.17, 15) is 29.1 Å². The van der Waals surface area contributed by atoms with E-state index in [2.05, 4.69) is 16.0 Å². The van der Waals surface area contributed by atoms with Crippen molar-refractivity contribution in [1.29, 1.82) is 0 Å². The molecule has 0 saturated carbocycles. The van der Waals surface area contributed by atoms with Gasteiger partial charge < -0.3 is 42.7 Å². The zero-order valence-corrected chi connectivity index (χ0v) is 15.9. The maximum absolute atomic E-state index is 12.1. The summed E-state index contributed by atoms with van der Waals surface area (Å²) in [5.41, 5.74) is 10.8. The van der Waals surface area contributed by atoms with Gasteiger partial charge in [0.2, 0.25) is 17.7 Å². The summed E-state index contributed by atoms with van der Waals surface area (Å²) in [5.74, 6) is -4.86. The van der Waals surface area contributed by atoms with Crippen LogP contribution in [0.15, 0.2) is 0 Å². The zero-order valence-electron chi connectivity index (χ0n) is 15.9. The smallest absolute Gasteiger partial charge is 0.326 e. The molecule has 0 radical (unpaired) electrons. The zero-order chi connectivity index (χ0) is 22.4. The second-order valence-electron chi connectivity index (χ2n) is 6.24. The normalized spacial score (nSPS) is 13.6. The van der Waals surface area contributed by atoms with Crippen molar-refractivity contribution in [3.8, 4) is 0 Å². The van der Waals surface area contributed by atoms with Crippen molar-refractivity contribution in [2.24, 2.45) is 11.5 Å². The van der Waals surface area contributed by atoms with E-state index < -0.39 is 60.9 Å². The second kappa shape index (κ2) is 14.3. The lowest BCUT2D eigenvalue weighted by Gasteiger charge is -2.20. The van der Waals surface area contributed by atoms with E-state index >= 15 is 0 Å². The first kappa shape index (κ1) is 26.2. The number of carbonyl (C=O) groups excluding carboxylic acids is 3. The van der Waals surface area contributed by atoms with Crippen LogP contribution in [0.5, 0.6) is 0 Å². The molecule has 3 amide bonds. The molecule has 0 aromatic heterocycles. The van der Waals surface area contributed by atoms with Crippen molar-refractivity contribution in [3.63, 3.8) is 0 Å². The molecular weight excluding hydrogens is 390 g/mol. The number of carbonyl (C=O) groups is 5. The highest BCUT2D eigenvalue weighted by atomic mass is 16.4. The van der Waals surface area contributed by atoms with Crippen LogP contribution < -0.4 is 27.4 Å². The fourth-order valence-corrected chi connectivity index (χ4v) is 2.17. The highest BCUT2D eigenvalue weighted by Crippen LogP contribution is 2.01. The molecule has 0 saturated heterocycles. The Labute approximate surface area is 167 Å². The van der Waals surface area contributed by atoms with E-state index in [1.807, 2.05) is 0 Å². The van der Waals surface area contributed by atoms with Crippen molar-refractivity contribution < 1.29 is 39.3 Å². The van der Waals surface area contributed by atoms with Crippen molar-refractivity contribution in [2.75, 3.05) is 19.7 Å². The molecule has 0 bridgehead atoms. The van der Waals surface area contributed by atoms with Crippen LogP contribution in [0, 0.1) is 0 Å². The summed E-state index contributed by atoms with van der Waals surface area (Å²) in [6, 6.07) is -3.75. The molecule has 3 atom stereocenters. The van der Waals surface area contributed by atoms with E-state index in [4.69, 9.17) is 21.7 Å². The van der Waals surface area contributed by atoms with E-state index in [1.165, 1.54) is 0 Å². The van der Waals surface area contributed by atoms with Crippen LogP contribution in [0.3, 0.4) is 0 Å². The molecule has 0 aliphatic heterocycles. The maximum Gasteiger partial charge on any atom is 0.326 e. The number of aliphatic hydroxyl groups is 1. The Kier molecular flexibility index (Phi) is 12.9. The van der Waals surface area contributed by atoms with Gasteiger partial charge in [-0.3, -0.25) is 19.2 Å². The van der Waals surface area contributed by atoms with E-state index in [0.717, 1.165) is 0 Å². The average molecular weight is 419 g/mol. The molecule has 29 heavy (non-hydrogen) atoms. The van der Waals surface area contributed by atoms with Crippen LogP contribution in [0.4, 0.5) is 0 Å². The SMILES string of the molecule is NCCCCC(NC(=O)C(CO)NC(=O)CNC(=O)C(N)CCC(=O)O)C(=O)O. The Morgan fingerprint density at radius 2 is 1.55 bits per heavy atom. The average Bonchev–Trinajstić information content (AvgIpc) is 2.67. The van der Waals surface area contributed by atoms with Crippen LogP contribution >= 0.6 is 0 Å². The maximum atomic E-state index is 12.1. The number of amides is 3. The minimum absolute atomic E-state index is 0.120. The molecule has 0 fully saturated rings. The van der Waals surface area contributed by atoms with E-state index in [-0.39, 0.29) is 19.3 Å². The number of rotatable bonds is 15. The van der Waals surface area contributed by atoms with Gasteiger partial charge in [-0.2, -0.15) is 0 Å². The second-order valence-corrected chi connectivity index (χ2v) is 6.24. The third-order valence-electron chi connectivity index (χ3n) is 3.82. The van der Waals surface area contributed by atoms with Crippen LogP contribution in [-0.4, -0.2) is 82.8 Å². The molecule has 0 spiro atoms. The first-order valence-electron chi connectivity index (χ1n) is 9.00. The summed E-state index contributed by atoms with van der Waals surface area (Å²) in [5, 5.41) is 33.5. The summed E-state index contributed by atoms with van der Waals surface area (Å²) in [6.45, 7) is -0.984. The van der Waals surface area contributed by atoms with Crippen LogP contribution in [-0.2, 0) is 24.0 Å². The summed E-state index contributed by atoms with van der Waals surface area (Å²) >= 11 is 0. The van der Waals surface area contributed by atoms with E-state index in [1.54, 1.807) is 0 Å². The lowest BCUT2D eigenvalue weighted by atomic mass is 10.1. The molecule has 0 aliphatic rings. The highest BCUT2D eigenvalue weighted by Gasteiger charge is 2.26. The van der Waals surface area contributed by atoms with Gasteiger partial charge >= 0.3 is 11.9 Å². The standard InChI is InChI=1S/C16H29N5O8/c17-6-2-1-3-10(16(28)29)21-15(27)11(8-22)20-12(23)7-19-14(26)9(18)4-5-13(24)25/h9-11,22H,1-8,17-18H2,(H,19,26)(H,20,23)(H,21,27)(H,24,25)(H,28,29). The number of hydrogen-bond acceptors (Lipinski definition) is 8. The van der Waals surface area contributed by atoms with Gasteiger partial charge in [-0.05, 0) is 32.2 Å². The molecule has 0 aliphatic carbocycles. The molecule has 13 heteroatoms. The van der Waals surface area contributed by atoms with Crippen molar-refractivity contribution >= 4 is 29.7 Å². The number of nitrogens with two attached hydrogens (primary N) is 2. The summed E-state index contributed by atoms with van der Waals surface area (Å²) in [7, 11) is 0. The molecule has 0 rings (SSSR count). The van der Waals surface area contributed by atoms with Crippen LogP contribution in [0.25, 0.3) is 0 Å². The lowest BCUT2D eigenvalue weighted by molar-refractivity contribution is -0.142. The molecule has 0 aromatic rings. The first-order valence-corrected chi connectivity index (χ1v) is 9.00. The monoisotopic (exact) mass is 419 g/mol. The Morgan fingerprint density at radius 1 is 0.897 bits per heavy atom. The predicted molar refractivity (Wildman–Crippen MR) is 99.3 cm³/mol. The lowest BCUT2D eigenvalue weighted by Crippen LogP contribution is -2.55. The number of aliphatic hydroxyl groups excluding tert-OH is 1. The fourth-order valence-electron chi connectivity index (χ4n) is 2.17. The number of carboxylic acid groups (broad SMARTS) is 2. The van der Waals surface area contributed by atoms with Crippen molar-refractivity contribution in [1.82, 2.24) is 16.0 Å². The third-order valence-corrected chi connectivity index (χ3v) is 3.82. The Morgan fingerprint density at radius 3 is 2.07 bits per heavy atom. The molecule has 0 aromatic carbocycles. The summed E-state index contributed by atoms with van der Waals surface area (Å²) in [4.78, 5) is 57.3. The topological polar surface area (TPSA) is 234 Å². The molecule has 13 nitrogen and oxygen atoms in total. The predicted octanol–water partition coefficient (Wildman–Crippen LogP) is -3.53. The van der Waals surface area contributed by atoms with Gasteiger partial charge in [0, 0.05) is 6.42 Å². The molecule has 10 N–H and O–H groups in total.